The van der Waals surface area contributed by atoms with E-state index < -0.39 is 0 Å². The van der Waals surface area contributed by atoms with Crippen molar-refractivity contribution in [2.75, 3.05) is 12.3 Å². The number of carbonyl (C=O) groups is 1. The molecule has 0 aliphatic carbocycles. The van der Waals surface area contributed by atoms with Gasteiger partial charge in [0.2, 0.25) is 5.91 Å². The van der Waals surface area contributed by atoms with E-state index in [0.29, 0.717) is 13.1 Å². The average Bonchev–Trinajstić information content (AvgIpc) is 2.52. The number of amides is 1. The normalized spacial score (nSPS) is 10.5. The molecule has 0 saturated heterocycles. The van der Waals surface area contributed by atoms with E-state index in [1.54, 1.807) is 29.2 Å². The van der Waals surface area contributed by atoms with Crippen LogP contribution in [0.4, 0.5) is 8.78 Å². The molecule has 0 radical (unpaired) electrons. The van der Waals surface area contributed by atoms with Gasteiger partial charge in [0.05, 0.1) is 5.75 Å². The highest BCUT2D eigenvalue weighted by Gasteiger charge is 2.13. The highest BCUT2D eigenvalue weighted by atomic mass is 32.2. The summed E-state index contributed by atoms with van der Waals surface area (Å²) in [4.78, 5) is 14.8. The minimum atomic E-state index is -0.304. The van der Waals surface area contributed by atoms with Crippen molar-refractivity contribution in [1.82, 2.24) is 4.90 Å². The van der Waals surface area contributed by atoms with Crippen LogP contribution < -0.4 is 0 Å². The molecule has 0 bridgehead atoms. The van der Waals surface area contributed by atoms with Crippen LogP contribution in [0.1, 0.15) is 12.5 Å². The predicted octanol–water partition coefficient (Wildman–Crippen LogP) is 4.11. The number of nitrogens with zero attached hydrogens (tertiary/aromatic N) is 1. The van der Waals surface area contributed by atoms with Crippen LogP contribution in [0, 0.1) is 11.6 Å². The van der Waals surface area contributed by atoms with Gasteiger partial charge in [0.15, 0.2) is 0 Å². The topological polar surface area (TPSA) is 20.3 Å². The van der Waals surface area contributed by atoms with Crippen molar-refractivity contribution >= 4 is 17.7 Å². The smallest absolute Gasteiger partial charge is 0.233 e. The van der Waals surface area contributed by atoms with Crippen molar-refractivity contribution in [2.45, 2.75) is 18.4 Å². The molecule has 0 unspecified atom stereocenters. The molecule has 0 fully saturated rings. The largest absolute Gasteiger partial charge is 0.338 e. The van der Waals surface area contributed by atoms with Crippen LogP contribution in [0.25, 0.3) is 0 Å². The van der Waals surface area contributed by atoms with Crippen LogP contribution in [0.2, 0.25) is 0 Å². The average molecular weight is 321 g/mol. The van der Waals surface area contributed by atoms with E-state index in [9.17, 15) is 13.6 Å². The Morgan fingerprint density at radius 2 is 1.82 bits per heavy atom. The third-order valence-electron chi connectivity index (χ3n) is 3.17. The lowest BCUT2D eigenvalue weighted by molar-refractivity contribution is -0.128. The molecule has 0 atom stereocenters. The fraction of sp³-hybridized carbons (Fsp3) is 0.235. The molecular weight excluding hydrogens is 304 g/mol. The van der Waals surface area contributed by atoms with Crippen molar-refractivity contribution < 1.29 is 13.6 Å². The molecule has 1 amide bonds. The third-order valence-corrected chi connectivity index (χ3v) is 4.17. The van der Waals surface area contributed by atoms with E-state index in [1.165, 1.54) is 36.0 Å². The quantitative estimate of drug-likeness (QED) is 0.747. The van der Waals surface area contributed by atoms with Gasteiger partial charge >= 0.3 is 0 Å². The highest BCUT2D eigenvalue weighted by Crippen LogP contribution is 2.19. The summed E-state index contributed by atoms with van der Waals surface area (Å²) in [5.41, 5.74) is 0.766. The number of carbonyl (C=O) groups excluding carboxylic acids is 1. The van der Waals surface area contributed by atoms with Crippen LogP contribution in [0.15, 0.2) is 53.4 Å². The van der Waals surface area contributed by atoms with Gasteiger partial charge in [-0.25, -0.2) is 8.78 Å². The number of halogens is 2. The Morgan fingerprint density at radius 1 is 1.09 bits per heavy atom. The molecule has 0 aliphatic rings. The van der Waals surface area contributed by atoms with Gasteiger partial charge in [-0.05, 0) is 48.9 Å². The Kier molecular flexibility index (Phi) is 5.95. The second-order valence-electron chi connectivity index (χ2n) is 4.78. The zero-order chi connectivity index (χ0) is 15.9. The zero-order valence-corrected chi connectivity index (χ0v) is 13.1. The van der Waals surface area contributed by atoms with Crippen LogP contribution in [-0.2, 0) is 11.3 Å². The Morgan fingerprint density at radius 3 is 2.45 bits per heavy atom. The zero-order valence-electron chi connectivity index (χ0n) is 12.3. The molecule has 0 aromatic heterocycles. The molecule has 116 valence electrons. The van der Waals surface area contributed by atoms with Crippen LogP contribution in [0.5, 0.6) is 0 Å². The van der Waals surface area contributed by atoms with E-state index in [4.69, 9.17) is 0 Å². The summed E-state index contributed by atoms with van der Waals surface area (Å²) in [6.07, 6.45) is 0. The molecule has 2 nitrogen and oxygen atoms in total. The van der Waals surface area contributed by atoms with Crippen LogP contribution >= 0.6 is 11.8 Å². The van der Waals surface area contributed by atoms with Gasteiger partial charge in [-0.3, -0.25) is 4.79 Å². The van der Waals surface area contributed by atoms with E-state index >= 15 is 0 Å². The number of hydrogen-bond acceptors (Lipinski definition) is 2. The molecule has 2 rings (SSSR count). The van der Waals surface area contributed by atoms with Crippen molar-refractivity contribution in [1.29, 1.82) is 0 Å². The molecule has 2 aromatic carbocycles. The van der Waals surface area contributed by atoms with Gasteiger partial charge in [0.25, 0.3) is 0 Å². The maximum Gasteiger partial charge on any atom is 0.233 e. The van der Waals surface area contributed by atoms with E-state index in [2.05, 4.69) is 0 Å². The first-order valence-electron chi connectivity index (χ1n) is 6.99. The minimum absolute atomic E-state index is 0.0268. The first kappa shape index (κ1) is 16.5. The van der Waals surface area contributed by atoms with Gasteiger partial charge in [0.1, 0.15) is 11.6 Å². The fourth-order valence-electron chi connectivity index (χ4n) is 2.00. The molecule has 0 N–H and O–H groups in total. The summed E-state index contributed by atoms with van der Waals surface area (Å²) in [7, 11) is 0. The van der Waals surface area contributed by atoms with Crippen molar-refractivity contribution in [2.24, 2.45) is 0 Å². The van der Waals surface area contributed by atoms with E-state index in [0.717, 1.165) is 10.5 Å². The lowest BCUT2D eigenvalue weighted by Gasteiger charge is -2.21. The monoisotopic (exact) mass is 321 g/mol. The number of benzene rings is 2. The summed E-state index contributed by atoms with van der Waals surface area (Å²) < 4.78 is 26.0. The Bertz CT molecular complexity index is 631. The van der Waals surface area contributed by atoms with Gasteiger partial charge in [-0.2, -0.15) is 0 Å². The third kappa shape index (κ3) is 4.84. The fourth-order valence-corrected chi connectivity index (χ4v) is 2.80. The lowest BCUT2D eigenvalue weighted by Crippen LogP contribution is -2.31. The number of thioether (sulfide) groups is 1. The van der Waals surface area contributed by atoms with Crippen molar-refractivity contribution in [3.05, 3.63) is 65.7 Å². The SMILES string of the molecule is CCN(Cc1cccc(F)c1)C(=O)CSc1ccc(F)cc1. The summed E-state index contributed by atoms with van der Waals surface area (Å²) in [5.74, 6) is -0.353. The molecule has 22 heavy (non-hydrogen) atoms. The molecular formula is C17H17F2NOS. The molecule has 0 saturated carbocycles. The van der Waals surface area contributed by atoms with Crippen molar-refractivity contribution in [3.8, 4) is 0 Å². The summed E-state index contributed by atoms with van der Waals surface area (Å²) in [6, 6.07) is 12.3. The molecule has 0 spiro atoms. The standard InChI is InChI=1S/C17H17F2NOS/c1-2-20(11-13-4-3-5-15(19)10-13)17(21)12-22-16-8-6-14(18)7-9-16/h3-10H,2,11-12H2,1H3. The van der Waals surface area contributed by atoms with E-state index in [1.807, 2.05) is 6.92 Å². The Balaban J connectivity index is 1.92. The molecule has 0 heterocycles. The summed E-state index contributed by atoms with van der Waals surface area (Å²) >= 11 is 1.36. The Labute approximate surface area is 133 Å². The van der Waals surface area contributed by atoms with Gasteiger partial charge in [0, 0.05) is 18.0 Å². The van der Waals surface area contributed by atoms with E-state index in [-0.39, 0.29) is 23.3 Å². The van der Waals surface area contributed by atoms with Gasteiger partial charge in [-0.1, -0.05) is 12.1 Å². The maximum absolute atomic E-state index is 13.2. The minimum Gasteiger partial charge on any atom is -0.338 e. The number of rotatable bonds is 6. The van der Waals surface area contributed by atoms with Crippen LogP contribution in [-0.4, -0.2) is 23.1 Å². The first-order valence-corrected chi connectivity index (χ1v) is 7.97. The summed E-state index contributed by atoms with van der Waals surface area (Å²) in [6.45, 7) is 2.83. The van der Waals surface area contributed by atoms with Crippen molar-refractivity contribution in [3.63, 3.8) is 0 Å². The first-order chi connectivity index (χ1) is 10.6. The molecule has 0 aliphatic heterocycles. The predicted molar refractivity (Wildman–Crippen MR) is 84.6 cm³/mol. The summed E-state index contributed by atoms with van der Waals surface area (Å²) in [5, 5.41) is 0. The van der Waals surface area contributed by atoms with Gasteiger partial charge in [-0.15, -0.1) is 11.8 Å². The second-order valence-corrected chi connectivity index (χ2v) is 5.83. The molecule has 2 aromatic rings. The highest BCUT2D eigenvalue weighted by molar-refractivity contribution is 8.00. The number of hydrogen-bond donors (Lipinski definition) is 0. The second kappa shape index (κ2) is 7.94. The van der Waals surface area contributed by atoms with Gasteiger partial charge < -0.3 is 4.90 Å². The maximum atomic E-state index is 13.2. The van der Waals surface area contributed by atoms with Crippen LogP contribution in [0.3, 0.4) is 0 Å². The lowest BCUT2D eigenvalue weighted by atomic mass is 10.2. The molecule has 5 heteroatoms. The Hall–Kier alpha value is -1.88.